The molecule has 0 unspecified atom stereocenters. The number of aromatic carboxylic acids is 1. The molecule has 1 heterocycles. The van der Waals surface area contributed by atoms with Crippen LogP contribution in [-0.4, -0.2) is 34.9 Å². The number of benzene rings is 1. The number of hydrogen-bond donors (Lipinski definition) is 3. The first kappa shape index (κ1) is 18.3. The van der Waals surface area contributed by atoms with Crippen molar-refractivity contribution in [1.29, 1.82) is 0 Å². The molecule has 0 aliphatic rings. The number of Topliss-reactive ketones (excluding diaryl/α,β-unsaturated/α-hetero) is 1. The van der Waals surface area contributed by atoms with Gasteiger partial charge in [0.2, 0.25) is 0 Å². The number of rotatable bonds is 6. The second kappa shape index (κ2) is 7.21. The van der Waals surface area contributed by atoms with E-state index in [0.29, 0.717) is 28.1 Å². The predicted molar refractivity (Wildman–Crippen MR) is 91.4 cm³/mol. The molecule has 1 aromatic carbocycles. The largest absolute Gasteiger partial charge is 0.496 e. The third kappa shape index (κ3) is 3.71. The molecule has 7 nitrogen and oxygen atoms in total. The summed E-state index contributed by atoms with van der Waals surface area (Å²) in [6.45, 7) is 5.12. The number of carboxylic acid groups (broad SMARTS) is 1. The van der Waals surface area contributed by atoms with E-state index in [2.05, 4.69) is 10.3 Å². The number of nitrogens with one attached hydrogen (secondary N) is 2. The Morgan fingerprint density at radius 1 is 1.24 bits per heavy atom. The zero-order valence-electron chi connectivity index (χ0n) is 14.5. The molecule has 0 spiro atoms. The Labute approximate surface area is 145 Å². The van der Waals surface area contributed by atoms with E-state index in [1.807, 2.05) is 0 Å². The number of aryl methyl sites for hydroxylation is 1. The molecule has 3 N–H and O–H groups in total. The lowest BCUT2D eigenvalue weighted by atomic mass is 10.1. The third-order valence-electron chi connectivity index (χ3n) is 3.97. The van der Waals surface area contributed by atoms with Gasteiger partial charge in [0, 0.05) is 17.8 Å². The summed E-state index contributed by atoms with van der Waals surface area (Å²) in [6, 6.07) is 4.61. The van der Waals surface area contributed by atoms with Crippen molar-refractivity contribution in [3.8, 4) is 5.75 Å². The van der Waals surface area contributed by atoms with Crippen LogP contribution >= 0.6 is 0 Å². The zero-order valence-corrected chi connectivity index (χ0v) is 14.5. The van der Waals surface area contributed by atoms with Gasteiger partial charge >= 0.3 is 5.97 Å². The van der Waals surface area contributed by atoms with E-state index in [1.54, 1.807) is 26.0 Å². The summed E-state index contributed by atoms with van der Waals surface area (Å²) in [5, 5.41) is 11.8. The summed E-state index contributed by atoms with van der Waals surface area (Å²) in [5.41, 5.74) is 2.89. The van der Waals surface area contributed by atoms with Crippen LogP contribution in [0.5, 0.6) is 5.75 Å². The molecule has 1 amide bonds. The Hall–Kier alpha value is -3.09. The molecule has 0 bridgehead atoms. The van der Waals surface area contributed by atoms with Gasteiger partial charge in [-0.2, -0.15) is 0 Å². The first-order valence-electron chi connectivity index (χ1n) is 7.64. The smallest absolute Gasteiger partial charge is 0.339 e. The minimum Gasteiger partial charge on any atom is -0.496 e. The number of amides is 1. The van der Waals surface area contributed by atoms with E-state index in [0.717, 1.165) is 0 Å². The Morgan fingerprint density at radius 3 is 2.44 bits per heavy atom. The number of H-pyrrole nitrogens is 1. The van der Waals surface area contributed by atoms with Crippen molar-refractivity contribution in [2.24, 2.45) is 0 Å². The van der Waals surface area contributed by atoms with Crippen LogP contribution in [0.25, 0.3) is 0 Å². The monoisotopic (exact) mass is 344 g/mol. The fourth-order valence-electron chi connectivity index (χ4n) is 2.80. The molecule has 0 aliphatic heterocycles. The maximum Gasteiger partial charge on any atom is 0.339 e. The van der Waals surface area contributed by atoms with Gasteiger partial charge in [0.05, 0.1) is 7.11 Å². The number of hydrogen-bond acceptors (Lipinski definition) is 4. The Bertz CT molecular complexity index is 851. The first-order chi connectivity index (χ1) is 11.8. The molecule has 0 radical (unpaired) electrons. The van der Waals surface area contributed by atoms with E-state index in [-0.39, 0.29) is 29.5 Å². The SMILES string of the molecule is COc1cc(CNC(=O)c2[nH]c(C)c(C(C)=O)c2C)ccc1C(=O)O. The summed E-state index contributed by atoms with van der Waals surface area (Å²) < 4.78 is 5.07. The van der Waals surface area contributed by atoms with Gasteiger partial charge in [0.15, 0.2) is 5.78 Å². The van der Waals surface area contributed by atoms with Crippen molar-refractivity contribution in [1.82, 2.24) is 10.3 Å². The number of carbonyl (C=O) groups excluding carboxylic acids is 2. The molecule has 0 saturated heterocycles. The molecule has 132 valence electrons. The topological polar surface area (TPSA) is 108 Å². The van der Waals surface area contributed by atoms with Gasteiger partial charge < -0.3 is 20.1 Å². The average molecular weight is 344 g/mol. The normalized spacial score (nSPS) is 10.4. The summed E-state index contributed by atoms with van der Waals surface area (Å²) in [5.74, 6) is -1.29. The number of carbonyl (C=O) groups is 3. The fraction of sp³-hybridized carbons (Fsp3) is 0.278. The maximum absolute atomic E-state index is 12.4. The van der Waals surface area contributed by atoms with E-state index >= 15 is 0 Å². The summed E-state index contributed by atoms with van der Waals surface area (Å²) in [7, 11) is 1.39. The maximum atomic E-state index is 12.4. The number of ether oxygens (including phenoxy) is 1. The van der Waals surface area contributed by atoms with Crippen LogP contribution in [-0.2, 0) is 6.54 Å². The Morgan fingerprint density at radius 2 is 1.92 bits per heavy atom. The molecule has 2 rings (SSSR count). The quantitative estimate of drug-likeness (QED) is 0.698. The number of aromatic nitrogens is 1. The van der Waals surface area contributed by atoms with Gasteiger partial charge in [-0.1, -0.05) is 6.07 Å². The van der Waals surface area contributed by atoms with Crippen LogP contribution in [0.1, 0.15) is 54.9 Å². The number of carboxylic acids is 1. The van der Waals surface area contributed by atoms with Crippen molar-refractivity contribution in [3.05, 3.63) is 51.8 Å². The van der Waals surface area contributed by atoms with Crippen molar-refractivity contribution in [3.63, 3.8) is 0 Å². The van der Waals surface area contributed by atoms with Crippen LogP contribution in [0, 0.1) is 13.8 Å². The minimum atomic E-state index is -1.08. The van der Waals surface area contributed by atoms with Crippen molar-refractivity contribution < 1.29 is 24.2 Å². The van der Waals surface area contributed by atoms with E-state index in [1.165, 1.54) is 20.1 Å². The van der Waals surface area contributed by atoms with Crippen LogP contribution in [0.4, 0.5) is 0 Å². The predicted octanol–water partition coefficient (Wildman–Crippen LogP) is 2.47. The van der Waals surface area contributed by atoms with Gasteiger partial charge in [-0.25, -0.2) is 4.79 Å². The highest BCUT2D eigenvalue weighted by atomic mass is 16.5. The van der Waals surface area contributed by atoms with Gasteiger partial charge in [0.1, 0.15) is 17.0 Å². The number of ketones is 1. The highest BCUT2D eigenvalue weighted by Crippen LogP contribution is 2.21. The standard InChI is InChI=1S/C18H20N2O5/c1-9-15(11(3)21)10(2)20-16(9)17(22)19-8-12-5-6-13(18(23)24)14(7-12)25-4/h5-7,20H,8H2,1-4H3,(H,19,22)(H,23,24). The summed E-state index contributed by atoms with van der Waals surface area (Å²) >= 11 is 0. The van der Waals surface area contributed by atoms with Crippen molar-refractivity contribution in [2.75, 3.05) is 7.11 Å². The molecule has 1 aromatic heterocycles. The van der Waals surface area contributed by atoms with Crippen LogP contribution < -0.4 is 10.1 Å². The lowest BCUT2D eigenvalue weighted by molar-refractivity contribution is 0.0692. The molecule has 0 fully saturated rings. The fourth-order valence-corrected chi connectivity index (χ4v) is 2.80. The molecular formula is C18H20N2O5. The highest BCUT2D eigenvalue weighted by molar-refractivity contribution is 6.02. The summed E-state index contributed by atoms with van der Waals surface area (Å²) in [4.78, 5) is 38.1. The van der Waals surface area contributed by atoms with E-state index < -0.39 is 5.97 Å². The summed E-state index contributed by atoms with van der Waals surface area (Å²) in [6.07, 6.45) is 0. The first-order valence-corrected chi connectivity index (χ1v) is 7.64. The van der Waals surface area contributed by atoms with Crippen LogP contribution in [0.3, 0.4) is 0 Å². The molecule has 0 atom stereocenters. The van der Waals surface area contributed by atoms with Gasteiger partial charge in [-0.05, 0) is 44.0 Å². The molecule has 0 saturated carbocycles. The van der Waals surface area contributed by atoms with Gasteiger partial charge in [0.25, 0.3) is 5.91 Å². The van der Waals surface area contributed by atoms with E-state index in [4.69, 9.17) is 9.84 Å². The lowest BCUT2D eigenvalue weighted by Crippen LogP contribution is -2.24. The minimum absolute atomic E-state index is 0.0551. The number of aromatic amines is 1. The third-order valence-corrected chi connectivity index (χ3v) is 3.97. The van der Waals surface area contributed by atoms with E-state index in [9.17, 15) is 14.4 Å². The zero-order chi connectivity index (χ0) is 18.7. The second-order valence-electron chi connectivity index (χ2n) is 5.70. The lowest BCUT2D eigenvalue weighted by Gasteiger charge is -2.09. The molecule has 25 heavy (non-hydrogen) atoms. The molecule has 7 heteroatoms. The highest BCUT2D eigenvalue weighted by Gasteiger charge is 2.19. The average Bonchev–Trinajstić information content (AvgIpc) is 2.86. The van der Waals surface area contributed by atoms with Crippen LogP contribution in [0.15, 0.2) is 18.2 Å². The van der Waals surface area contributed by atoms with Crippen molar-refractivity contribution >= 4 is 17.7 Å². The van der Waals surface area contributed by atoms with Crippen molar-refractivity contribution in [2.45, 2.75) is 27.3 Å². The second-order valence-corrected chi connectivity index (χ2v) is 5.70. The van der Waals surface area contributed by atoms with Gasteiger partial charge in [-0.15, -0.1) is 0 Å². The number of methoxy groups -OCH3 is 1. The molecular weight excluding hydrogens is 324 g/mol. The van der Waals surface area contributed by atoms with Gasteiger partial charge in [-0.3, -0.25) is 9.59 Å². The Kier molecular flexibility index (Phi) is 5.26. The van der Waals surface area contributed by atoms with Crippen LogP contribution in [0.2, 0.25) is 0 Å². The Balaban J connectivity index is 2.17. The molecule has 0 aliphatic carbocycles. The molecule has 2 aromatic rings.